The van der Waals surface area contributed by atoms with Gasteiger partial charge in [0.1, 0.15) is 0 Å². The van der Waals surface area contributed by atoms with Gasteiger partial charge in [-0.1, -0.05) is 12.1 Å². The van der Waals surface area contributed by atoms with Gasteiger partial charge in [-0.3, -0.25) is 0 Å². The predicted molar refractivity (Wildman–Crippen MR) is 64.7 cm³/mol. The van der Waals surface area contributed by atoms with Crippen LogP contribution < -0.4 is 10.6 Å². The van der Waals surface area contributed by atoms with Crippen LogP contribution in [-0.4, -0.2) is 12.6 Å². The molecule has 0 amide bonds. The van der Waals surface area contributed by atoms with E-state index in [1.165, 1.54) is 48.2 Å². The smallest absolute Gasteiger partial charge is 0.0613 e. The van der Waals surface area contributed by atoms with Crippen LogP contribution in [0.5, 0.6) is 0 Å². The lowest BCUT2D eigenvalue weighted by molar-refractivity contribution is 0.679. The van der Waals surface area contributed by atoms with Crippen molar-refractivity contribution in [1.82, 2.24) is 0 Å². The summed E-state index contributed by atoms with van der Waals surface area (Å²) < 4.78 is 0. The van der Waals surface area contributed by atoms with Gasteiger partial charge in [-0.15, -0.1) is 0 Å². The summed E-state index contributed by atoms with van der Waals surface area (Å²) in [6, 6.07) is 5.23. The zero-order chi connectivity index (χ0) is 10.3. The average molecular weight is 202 g/mol. The van der Waals surface area contributed by atoms with Crippen LogP contribution in [0.2, 0.25) is 0 Å². The number of fused-ring (bicyclic) bond motifs is 3. The monoisotopic (exact) mass is 202 g/mol. The maximum absolute atomic E-state index is 3.63. The Morgan fingerprint density at radius 3 is 2.80 bits per heavy atom. The van der Waals surface area contributed by atoms with E-state index in [0.717, 1.165) is 6.54 Å². The minimum Gasteiger partial charge on any atom is -0.383 e. The van der Waals surface area contributed by atoms with Gasteiger partial charge in [-0.2, -0.15) is 0 Å². The Balaban J connectivity index is 2.08. The van der Waals surface area contributed by atoms with Gasteiger partial charge in [-0.05, 0) is 43.7 Å². The molecule has 2 aliphatic rings. The first-order chi connectivity index (χ1) is 7.34. The lowest BCUT2D eigenvalue weighted by Crippen LogP contribution is -2.25. The van der Waals surface area contributed by atoms with Crippen LogP contribution in [0.3, 0.4) is 0 Å². The van der Waals surface area contributed by atoms with Gasteiger partial charge in [0.05, 0.1) is 11.4 Å². The van der Waals surface area contributed by atoms with E-state index in [9.17, 15) is 0 Å². The van der Waals surface area contributed by atoms with E-state index in [-0.39, 0.29) is 0 Å². The van der Waals surface area contributed by atoms with Crippen molar-refractivity contribution >= 4 is 11.4 Å². The predicted octanol–water partition coefficient (Wildman–Crippen LogP) is 2.79. The van der Waals surface area contributed by atoms with E-state index in [0.29, 0.717) is 6.04 Å². The molecule has 80 valence electrons. The fourth-order valence-corrected chi connectivity index (χ4v) is 2.66. The third-order valence-corrected chi connectivity index (χ3v) is 3.54. The van der Waals surface area contributed by atoms with E-state index in [2.05, 4.69) is 29.7 Å². The molecule has 3 rings (SSSR count). The van der Waals surface area contributed by atoms with Crippen molar-refractivity contribution in [3.8, 4) is 0 Å². The van der Waals surface area contributed by atoms with Crippen LogP contribution in [-0.2, 0) is 12.8 Å². The first-order valence-electron chi connectivity index (χ1n) is 6.00. The number of benzene rings is 1. The summed E-state index contributed by atoms with van der Waals surface area (Å²) in [5, 5.41) is 7.17. The Morgan fingerprint density at radius 2 is 1.93 bits per heavy atom. The average Bonchev–Trinajstić information content (AvgIpc) is 2.29. The second-order valence-electron chi connectivity index (χ2n) is 4.75. The van der Waals surface area contributed by atoms with Crippen molar-refractivity contribution in [2.75, 3.05) is 17.2 Å². The molecule has 1 atom stereocenters. The molecule has 2 heterocycles. The number of hydrogen-bond acceptors (Lipinski definition) is 2. The Hall–Kier alpha value is -1.18. The highest BCUT2D eigenvalue weighted by Gasteiger charge is 2.20. The second-order valence-corrected chi connectivity index (χ2v) is 4.75. The molecular formula is C13H18N2. The van der Waals surface area contributed by atoms with E-state index >= 15 is 0 Å². The molecule has 0 saturated carbocycles. The molecule has 0 aromatic heterocycles. The molecule has 0 unspecified atom stereocenters. The summed E-state index contributed by atoms with van der Waals surface area (Å²) in [4.78, 5) is 0. The van der Waals surface area contributed by atoms with E-state index in [4.69, 9.17) is 0 Å². The van der Waals surface area contributed by atoms with Gasteiger partial charge < -0.3 is 10.6 Å². The molecule has 2 N–H and O–H groups in total. The van der Waals surface area contributed by atoms with Crippen molar-refractivity contribution < 1.29 is 0 Å². The maximum Gasteiger partial charge on any atom is 0.0613 e. The molecule has 2 nitrogen and oxygen atoms in total. The van der Waals surface area contributed by atoms with Crippen LogP contribution in [0.1, 0.15) is 30.9 Å². The molecule has 0 spiro atoms. The summed E-state index contributed by atoms with van der Waals surface area (Å²) in [5.74, 6) is 0. The SMILES string of the molecule is C[C@H]1CCc2ccc3c(c2N1)NCCC3. The Bertz CT molecular complexity index is 384. The summed E-state index contributed by atoms with van der Waals surface area (Å²) in [5.41, 5.74) is 5.74. The minimum absolute atomic E-state index is 0.618. The minimum atomic E-state index is 0.618. The van der Waals surface area contributed by atoms with Gasteiger partial charge in [-0.25, -0.2) is 0 Å². The molecule has 0 aliphatic carbocycles. The largest absolute Gasteiger partial charge is 0.383 e. The van der Waals surface area contributed by atoms with Crippen LogP contribution in [0.4, 0.5) is 11.4 Å². The zero-order valence-corrected chi connectivity index (χ0v) is 9.27. The highest BCUT2D eigenvalue weighted by Crippen LogP contribution is 2.37. The molecule has 0 fully saturated rings. The third-order valence-electron chi connectivity index (χ3n) is 3.54. The van der Waals surface area contributed by atoms with Crippen LogP contribution in [0.25, 0.3) is 0 Å². The topological polar surface area (TPSA) is 24.1 Å². The first-order valence-corrected chi connectivity index (χ1v) is 6.00. The molecule has 15 heavy (non-hydrogen) atoms. The zero-order valence-electron chi connectivity index (χ0n) is 9.27. The molecular weight excluding hydrogens is 184 g/mol. The molecule has 2 heteroatoms. The highest BCUT2D eigenvalue weighted by molar-refractivity contribution is 5.77. The number of nitrogens with one attached hydrogen (secondary N) is 2. The van der Waals surface area contributed by atoms with Crippen molar-refractivity contribution in [3.63, 3.8) is 0 Å². The number of rotatable bonds is 0. The third kappa shape index (κ3) is 1.48. The van der Waals surface area contributed by atoms with Gasteiger partial charge >= 0.3 is 0 Å². The molecule has 0 radical (unpaired) electrons. The lowest BCUT2D eigenvalue weighted by atomic mass is 9.93. The quantitative estimate of drug-likeness (QED) is 0.676. The fraction of sp³-hybridized carbons (Fsp3) is 0.538. The summed E-state index contributed by atoms with van der Waals surface area (Å²) in [6.45, 7) is 3.39. The van der Waals surface area contributed by atoms with E-state index in [1.54, 1.807) is 0 Å². The van der Waals surface area contributed by atoms with Crippen LogP contribution in [0.15, 0.2) is 12.1 Å². The van der Waals surface area contributed by atoms with Gasteiger partial charge in [0.25, 0.3) is 0 Å². The highest BCUT2D eigenvalue weighted by atomic mass is 15.0. The Labute approximate surface area is 91.1 Å². The number of hydrogen-bond donors (Lipinski definition) is 2. The van der Waals surface area contributed by atoms with Crippen LogP contribution >= 0.6 is 0 Å². The van der Waals surface area contributed by atoms with Gasteiger partial charge in [0.2, 0.25) is 0 Å². The number of anilines is 2. The van der Waals surface area contributed by atoms with Crippen molar-refractivity contribution in [2.24, 2.45) is 0 Å². The van der Waals surface area contributed by atoms with Gasteiger partial charge in [0, 0.05) is 12.6 Å². The summed E-state index contributed by atoms with van der Waals surface area (Å²) in [6.07, 6.45) is 4.97. The normalized spacial score (nSPS) is 23.4. The van der Waals surface area contributed by atoms with Gasteiger partial charge in [0.15, 0.2) is 0 Å². The lowest BCUT2D eigenvalue weighted by Gasteiger charge is -2.30. The van der Waals surface area contributed by atoms with Crippen molar-refractivity contribution in [2.45, 2.75) is 38.6 Å². The van der Waals surface area contributed by atoms with Crippen molar-refractivity contribution in [1.29, 1.82) is 0 Å². The van der Waals surface area contributed by atoms with Crippen molar-refractivity contribution in [3.05, 3.63) is 23.3 Å². The second kappa shape index (κ2) is 3.44. The molecule has 1 aromatic rings. The summed E-state index contributed by atoms with van der Waals surface area (Å²) >= 11 is 0. The standard InChI is InChI=1S/C13H18N2/c1-9-4-5-11-7-6-10-3-2-8-14-12(10)13(11)15-9/h6-7,9,14-15H,2-5,8H2,1H3/t9-/m0/s1. The van der Waals surface area contributed by atoms with E-state index in [1.807, 2.05) is 0 Å². The first kappa shape index (κ1) is 9.08. The molecule has 0 bridgehead atoms. The Morgan fingerprint density at radius 1 is 1.13 bits per heavy atom. The van der Waals surface area contributed by atoms with E-state index < -0.39 is 0 Å². The maximum atomic E-state index is 3.63. The van der Waals surface area contributed by atoms with Crippen LogP contribution in [0, 0.1) is 0 Å². The molecule has 0 saturated heterocycles. The summed E-state index contributed by atoms with van der Waals surface area (Å²) in [7, 11) is 0. The fourth-order valence-electron chi connectivity index (χ4n) is 2.66. The Kier molecular flexibility index (Phi) is 2.08. The molecule has 1 aromatic carbocycles. The molecule has 2 aliphatic heterocycles. The number of aryl methyl sites for hydroxylation is 2.